The van der Waals surface area contributed by atoms with Crippen LogP contribution in [0.15, 0.2) is 30.7 Å². The summed E-state index contributed by atoms with van der Waals surface area (Å²) >= 11 is 0. The van der Waals surface area contributed by atoms with Gasteiger partial charge in [-0.25, -0.2) is 9.50 Å². The summed E-state index contributed by atoms with van der Waals surface area (Å²) in [5.74, 6) is 0. The molecule has 0 aliphatic heterocycles. The number of nitrogens with zero attached hydrogens (tertiary/aromatic N) is 4. The highest BCUT2D eigenvalue weighted by atomic mass is 15.2. The average molecular weight is 170 g/mol. The molecule has 2 heterocycles. The summed E-state index contributed by atoms with van der Waals surface area (Å²) in [6.07, 6.45) is 8.28. The molecule has 0 saturated carbocycles. The first-order chi connectivity index (χ1) is 6.42. The molecule has 0 radical (unpaired) electrons. The largest absolute Gasteiger partial charge is 0.236 e. The summed E-state index contributed by atoms with van der Waals surface area (Å²) in [5, 5.41) is 12.4. The Labute approximate surface area is 74.8 Å². The second kappa shape index (κ2) is 3.07. The third-order valence-electron chi connectivity index (χ3n) is 1.64. The van der Waals surface area contributed by atoms with Crippen molar-refractivity contribution in [2.24, 2.45) is 0 Å². The van der Waals surface area contributed by atoms with Gasteiger partial charge in [-0.1, -0.05) is 0 Å². The average Bonchev–Trinajstić information content (AvgIpc) is 2.58. The highest BCUT2D eigenvalue weighted by Gasteiger charge is 1.99. The van der Waals surface area contributed by atoms with Gasteiger partial charge in [0, 0.05) is 24.0 Å². The van der Waals surface area contributed by atoms with E-state index in [1.807, 2.05) is 12.3 Å². The zero-order valence-corrected chi connectivity index (χ0v) is 6.75. The summed E-state index contributed by atoms with van der Waals surface area (Å²) in [6.45, 7) is 0. The van der Waals surface area contributed by atoms with Gasteiger partial charge in [0.2, 0.25) is 0 Å². The van der Waals surface area contributed by atoms with E-state index in [4.69, 9.17) is 5.26 Å². The van der Waals surface area contributed by atoms with E-state index in [1.165, 1.54) is 6.08 Å². The number of hydrogen-bond donors (Lipinski definition) is 0. The summed E-state index contributed by atoms with van der Waals surface area (Å²) in [6, 6.07) is 3.73. The molecule has 2 aromatic rings. The second-order valence-electron chi connectivity index (χ2n) is 2.45. The van der Waals surface area contributed by atoms with Crippen LogP contribution in [0.25, 0.3) is 11.7 Å². The maximum atomic E-state index is 8.35. The third-order valence-corrected chi connectivity index (χ3v) is 1.64. The Morgan fingerprint density at radius 1 is 1.54 bits per heavy atom. The van der Waals surface area contributed by atoms with Gasteiger partial charge in [0.25, 0.3) is 0 Å². The molecule has 2 aromatic heterocycles. The van der Waals surface area contributed by atoms with E-state index in [0.29, 0.717) is 0 Å². The SMILES string of the molecule is N#CC=Cc1cnn2cccnc12. The van der Waals surface area contributed by atoms with E-state index < -0.39 is 0 Å². The summed E-state index contributed by atoms with van der Waals surface area (Å²) < 4.78 is 1.66. The van der Waals surface area contributed by atoms with Crippen molar-refractivity contribution in [3.05, 3.63) is 36.3 Å². The lowest BCUT2D eigenvalue weighted by Gasteiger charge is -1.89. The lowest BCUT2D eigenvalue weighted by Crippen LogP contribution is -1.86. The van der Waals surface area contributed by atoms with Crippen molar-refractivity contribution < 1.29 is 0 Å². The van der Waals surface area contributed by atoms with Gasteiger partial charge in [0.1, 0.15) is 0 Å². The van der Waals surface area contributed by atoms with Crippen LogP contribution in [-0.4, -0.2) is 14.6 Å². The number of aromatic nitrogens is 3. The third kappa shape index (κ3) is 1.27. The first-order valence-corrected chi connectivity index (χ1v) is 3.76. The number of hydrogen-bond acceptors (Lipinski definition) is 3. The predicted octanol–water partition coefficient (Wildman–Crippen LogP) is 1.27. The van der Waals surface area contributed by atoms with Crippen LogP contribution in [0.5, 0.6) is 0 Å². The van der Waals surface area contributed by atoms with E-state index in [2.05, 4.69) is 10.1 Å². The fourth-order valence-electron chi connectivity index (χ4n) is 1.09. The minimum absolute atomic E-state index is 0.758. The van der Waals surface area contributed by atoms with Crippen molar-refractivity contribution in [2.75, 3.05) is 0 Å². The van der Waals surface area contributed by atoms with Gasteiger partial charge in [0.05, 0.1) is 12.3 Å². The van der Waals surface area contributed by atoms with Crippen LogP contribution in [0.1, 0.15) is 5.56 Å². The smallest absolute Gasteiger partial charge is 0.162 e. The molecule has 0 aliphatic rings. The maximum absolute atomic E-state index is 8.35. The van der Waals surface area contributed by atoms with Crippen LogP contribution in [0.4, 0.5) is 0 Å². The van der Waals surface area contributed by atoms with Crippen molar-refractivity contribution in [1.29, 1.82) is 5.26 Å². The molecule has 0 fully saturated rings. The Morgan fingerprint density at radius 2 is 2.46 bits per heavy atom. The van der Waals surface area contributed by atoms with Crippen LogP contribution in [0.2, 0.25) is 0 Å². The number of nitriles is 1. The Balaban J connectivity index is 2.59. The highest BCUT2D eigenvalue weighted by molar-refractivity contribution is 5.65. The van der Waals surface area contributed by atoms with Crippen molar-refractivity contribution in [3.63, 3.8) is 0 Å². The normalized spacial score (nSPS) is 10.7. The van der Waals surface area contributed by atoms with Crippen molar-refractivity contribution in [3.8, 4) is 6.07 Å². The van der Waals surface area contributed by atoms with E-state index in [1.54, 1.807) is 29.1 Å². The maximum Gasteiger partial charge on any atom is 0.162 e. The monoisotopic (exact) mass is 170 g/mol. The van der Waals surface area contributed by atoms with Crippen molar-refractivity contribution in [2.45, 2.75) is 0 Å². The molecular weight excluding hydrogens is 164 g/mol. The van der Waals surface area contributed by atoms with Crippen LogP contribution in [-0.2, 0) is 0 Å². The first kappa shape index (κ1) is 7.50. The molecule has 0 amide bonds. The molecule has 0 bridgehead atoms. The molecule has 0 saturated heterocycles. The summed E-state index contributed by atoms with van der Waals surface area (Å²) in [5.41, 5.74) is 1.61. The highest BCUT2D eigenvalue weighted by Crippen LogP contribution is 2.07. The standard InChI is InChI=1S/C9H6N4/c10-4-1-3-8-7-12-13-6-2-5-11-9(8)13/h1-3,5-7H. The minimum Gasteiger partial charge on any atom is -0.236 e. The van der Waals surface area contributed by atoms with E-state index >= 15 is 0 Å². The topological polar surface area (TPSA) is 54.0 Å². The van der Waals surface area contributed by atoms with Gasteiger partial charge in [-0.2, -0.15) is 10.4 Å². The molecule has 62 valence electrons. The Bertz CT molecular complexity index is 490. The molecule has 13 heavy (non-hydrogen) atoms. The fourth-order valence-corrected chi connectivity index (χ4v) is 1.09. The Hall–Kier alpha value is -2.15. The lowest BCUT2D eigenvalue weighted by molar-refractivity contribution is 0.939. The van der Waals surface area contributed by atoms with Crippen molar-refractivity contribution >= 4 is 11.7 Å². The molecule has 0 aromatic carbocycles. The fraction of sp³-hybridized carbons (Fsp3) is 0. The summed E-state index contributed by atoms with van der Waals surface area (Å²) in [7, 11) is 0. The molecule has 2 rings (SSSR count). The number of fused-ring (bicyclic) bond motifs is 1. The van der Waals surface area contributed by atoms with E-state index in [9.17, 15) is 0 Å². The zero-order valence-electron chi connectivity index (χ0n) is 6.75. The van der Waals surface area contributed by atoms with Gasteiger partial charge in [0.15, 0.2) is 5.65 Å². The molecular formula is C9H6N4. The number of rotatable bonds is 1. The van der Waals surface area contributed by atoms with Gasteiger partial charge >= 0.3 is 0 Å². The predicted molar refractivity (Wildman–Crippen MR) is 47.6 cm³/mol. The minimum atomic E-state index is 0.758. The first-order valence-electron chi connectivity index (χ1n) is 3.76. The lowest BCUT2D eigenvalue weighted by atomic mass is 10.3. The van der Waals surface area contributed by atoms with Gasteiger partial charge in [-0.05, 0) is 12.1 Å². The molecule has 4 heteroatoms. The Morgan fingerprint density at radius 3 is 3.31 bits per heavy atom. The molecule has 4 nitrogen and oxygen atoms in total. The summed E-state index contributed by atoms with van der Waals surface area (Å²) in [4.78, 5) is 4.13. The molecule has 0 unspecified atom stereocenters. The molecule has 0 spiro atoms. The van der Waals surface area contributed by atoms with E-state index in [0.717, 1.165) is 11.2 Å². The van der Waals surface area contributed by atoms with Crippen LogP contribution in [0, 0.1) is 11.3 Å². The van der Waals surface area contributed by atoms with Crippen LogP contribution in [0.3, 0.4) is 0 Å². The second-order valence-corrected chi connectivity index (χ2v) is 2.45. The van der Waals surface area contributed by atoms with Gasteiger partial charge in [-0.15, -0.1) is 0 Å². The number of allylic oxidation sites excluding steroid dienone is 1. The van der Waals surface area contributed by atoms with Gasteiger partial charge < -0.3 is 0 Å². The molecule has 0 atom stereocenters. The molecule has 0 N–H and O–H groups in total. The quantitative estimate of drug-likeness (QED) is 0.605. The van der Waals surface area contributed by atoms with Crippen molar-refractivity contribution in [1.82, 2.24) is 14.6 Å². The zero-order chi connectivity index (χ0) is 9.10. The van der Waals surface area contributed by atoms with Crippen LogP contribution < -0.4 is 0 Å². The van der Waals surface area contributed by atoms with Gasteiger partial charge in [-0.3, -0.25) is 0 Å². The molecule has 0 aliphatic carbocycles. The van der Waals surface area contributed by atoms with E-state index in [-0.39, 0.29) is 0 Å². The Kier molecular flexibility index (Phi) is 1.77. The van der Waals surface area contributed by atoms with Crippen LogP contribution >= 0.6 is 0 Å².